The van der Waals surface area contributed by atoms with Crippen LogP contribution in [0.5, 0.6) is 0 Å². The molecule has 2 fully saturated rings. The molecule has 0 saturated heterocycles. The summed E-state index contributed by atoms with van der Waals surface area (Å²) in [7, 11) is 0. The van der Waals surface area contributed by atoms with Gasteiger partial charge in [-0.3, -0.25) is 4.79 Å². The van der Waals surface area contributed by atoms with Crippen molar-refractivity contribution in [2.45, 2.75) is 75.8 Å². The third-order valence-electron chi connectivity index (χ3n) is 8.07. The van der Waals surface area contributed by atoms with E-state index in [1.54, 1.807) is 0 Å². The molecule has 2 aliphatic carbocycles. The second-order valence-corrected chi connectivity index (χ2v) is 10.3. The van der Waals surface area contributed by atoms with E-state index in [1.165, 1.54) is 17.2 Å². The van der Waals surface area contributed by atoms with Crippen LogP contribution in [0.1, 0.15) is 73.6 Å². The SMILES string of the molecule is O=C(C1CC1)N1CCCc2cc(C3(C4=Nc5ncc(C(F)(F)F)cc5CCC4)CCC3)ccc21. The summed E-state index contributed by atoms with van der Waals surface area (Å²) in [6, 6.07) is 7.76. The summed E-state index contributed by atoms with van der Waals surface area (Å²) < 4.78 is 39.5. The van der Waals surface area contributed by atoms with Crippen molar-refractivity contribution in [3.05, 3.63) is 52.7 Å². The number of carbonyl (C=O) groups excluding carboxylic acids is 1. The molecule has 1 aromatic carbocycles. The molecule has 0 bridgehead atoms. The number of hydrogen-bond acceptors (Lipinski definition) is 3. The molecule has 4 nitrogen and oxygen atoms in total. The molecule has 1 amide bonds. The lowest BCUT2D eigenvalue weighted by Crippen LogP contribution is -2.43. The highest BCUT2D eigenvalue weighted by Gasteiger charge is 2.44. The second kappa shape index (κ2) is 7.92. The van der Waals surface area contributed by atoms with Gasteiger partial charge < -0.3 is 4.90 Å². The number of benzene rings is 1. The van der Waals surface area contributed by atoms with Gasteiger partial charge in [-0.2, -0.15) is 13.2 Å². The molecule has 178 valence electrons. The predicted molar refractivity (Wildman–Crippen MR) is 125 cm³/mol. The van der Waals surface area contributed by atoms with Gasteiger partial charge in [-0.05, 0) is 86.6 Å². The second-order valence-electron chi connectivity index (χ2n) is 10.3. The molecule has 2 saturated carbocycles. The van der Waals surface area contributed by atoms with E-state index in [0.29, 0.717) is 17.8 Å². The quantitative estimate of drug-likeness (QED) is 0.530. The summed E-state index contributed by atoms with van der Waals surface area (Å²) in [4.78, 5) is 23.8. The number of anilines is 1. The van der Waals surface area contributed by atoms with Gasteiger partial charge in [-0.15, -0.1) is 0 Å². The van der Waals surface area contributed by atoms with E-state index >= 15 is 0 Å². The monoisotopic (exact) mass is 467 g/mol. The number of aliphatic imine (C=N–C) groups is 1. The Kier molecular flexibility index (Phi) is 5.08. The predicted octanol–water partition coefficient (Wildman–Crippen LogP) is 6.32. The van der Waals surface area contributed by atoms with Crippen LogP contribution in [-0.4, -0.2) is 23.1 Å². The molecule has 0 atom stereocenters. The highest BCUT2D eigenvalue weighted by molar-refractivity contribution is 5.99. The van der Waals surface area contributed by atoms with Crippen molar-refractivity contribution in [2.75, 3.05) is 11.4 Å². The Labute approximate surface area is 197 Å². The topological polar surface area (TPSA) is 45.6 Å². The lowest BCUT2D eigenvalue weighted by molar-refractivity contribution is -0.137. The van der Waals surface area contributed by atoms with Crippen molar-refractivity contribution in [3.8, 4) is 0 Å². The van der Waals surface area contributed by atoms with Crippen LogP contribution < -0.4 is 4.90 Å². The number of fused-ring (bicyclic) bond motifs is 2. The molecule has 0 N–H and O–H groups in total. The van der Waals surface area contributed by atoms with Crippen LogP contribution >= 0.6 is 0 Å². The third-order valence-corrected chi connectivity index (χ3v) is 8.07. The Morgan fingerprint density at radius 3 is 2.50 bits per heavy atom. The Balaban J connectivity index is 1.35. The Morgan fingerprint density at radius 1 is 1.00 bits per heavy atom. The fourth-order valence-electron chi connectivity index (χ4n) is 5.87. The van der Waals surface area contributed by atoms with Crippen molar-refractivity contribution >= 4 is 23.1 Å². The molecule has 6 rings (SSSR count). The minimum absolute atomic E-state index is 0.177. The van der Waals surface area contributed by atoms with Crippen molar-refractivity contribution in [1.29, 1.82) is 0 Å². The van der Waals surface area contributed by atoms with Crippen LogP contribution in [0.15, 0.2) is 35.5 Å². The lowest BCUT2D eigenvalue weighted by Gasteiger charge is -2.44. The zero-order valence-corrected chi connectivity index (χ0v) is 19.1. The first-order valence-corrected chi connectivity index (χ1v) is 12.4. The molecular weight excluding hydrogens is 439 g/mol. The minimum atomic E-state index is -4.39. The number of nitrogens with zero attached hydrogens (tertiary/aromatic N) is 3. The Morgan fingerprint density at radius 2 is 1.79 bits per heavy atom. The highest BCUT2D eigenvalue weighted by Crippen LogP contribution is 2.49. The van der Waals surface area contributed by atoms with Gasteiger partial charge in [0.2, 0.25) is 5.91 Å². The number of carbonyl (C=O) groups is 1. The summed E-state index contributed by atoms with van der Waals surface area (Å²) in [5.41, 5.74) is 4.26. The minimum Gasteiger partial charge on any atom is -0.312 e. The van der Waals surface area contributed by atoms with Gasteiger partial charge in [-0.1, -0.05) is 18.6 Å². The van der Waals surface area contributed by atoms with E-state index in [9.17, 15) is 18.0 Å². The average molecular weight is 468 g/mol. The van der Waals surface area contributed by atoms with Crippen molar-refractivity contribution < 1.29 is 18.0 Å². The molecule has 0 unspecified atom stereocenters. The van der Waals surface area contributed by atoms with E-state index in [0.717, 1.165) is 81.9 Å². The smallest absolute Gasteiger partial charge is 0.312 e. The maximum Gasteiger partial charge on any atom is 0.417 e. The third kappa shape index (κ3) is 3.64. The first kappa shape index (κ1) is 21.8. The van der Waals surface area contributed by atoms with Gasteiger partial charge in [0.1, 0.15) is 0 Å². The van der Waals surface area contributed by atoms with Crippen molar-refractivity contribution in [2.24, 2.45) is 10.9 Å². The van der Waals surface area contributed by atoms with Crippen LogP contribution in [0.4, 0.5) is 24.7 Å². The van der Waals surface area contributed by atoms with Gasteiger partial charge >= 0.3 is 6.18 Å². The standard InChI is InChI=1S/C27H28F3N3O/c28-27(29,30)21-15-19-4-1-6-23(32-24(19)31-16-21)26(11-3-12-26)20-9-10-22-18(14-20)5-2-13-33(22)25(34)17-7-8-17/h9-10,14-17H,1-8,11-13H2. The van der Waals surface area contributed by atoms with E-state index in [4.69, 9.17) is 4.99 Å². The number of hydrogen-bond donors (Lipinski definition) is 0. The molecule has 0 radical (unpaired) electrons. The van der Waals surface area contributed by atoms with Gasteiger partial charge in [0.25, 0.3) is 0 Å². The number of pyridine rings is 1. The van der Waals surface area contributed by atoms with Gasteiger partial charge in [-0.25, -0.2) is 9.98 Å². The van der Waals surface area contributed by atoms with Crippen LogP contribution in [0.25, 0.3) is 0 Å². The molecule has 4 aliphatic rings. The zero-order chi connectivity index (χ0) is 23.5. The van der Waals surface area contributed by atoms with Crippen molar-refractivity contribution in [3.63, 3.8) is 0 Å². The summed E-state index contributed by atoms with van der Waals surface area (Å²) in [5.74, 6) is 0.904. The van der Waals surface area contributed by atoms with E-state index in [1.807, 2.05) is 4.90 Å². The highest BCUT2D eigenvalue weighted by atomic mass is 19.4. The number of aromatic nitrogens is 1. The molecule has 0 spiro atoms. The summed E-state index contributed by atoms with van der Waals surface area (Å²) in [6.45, 7) is 0.794. The van der Waals surface area contributed by atoms with Gasteiger partial charge in [0, 0.05) is 35.5 Å². The molecular formula is C27H28F3N3O. The van der Waals surface area contributed by atoms with Crippen molar-refractivity contribution in [1.82, 2.24) is 4.98 Å². The average Bonchev–Trinajstić information content (AvgIpc) is 3.63. The fraction of sp³-hybridized carbons (Fsp3) is 0.519. The molecule has 3 heterocycles. The number of rotatable bonds is 3. The maximum absolute atomic E-state index is 13.2. The first-order chi connectivity index (χ1) is 16.3. The Hall–Kier alpha value is -2.70. The van der Waals surface area contributed by atoms with Crippen LogP contribution in [0.3, 0.4) is 0 Å². The number of alkyl halides is 3. The first-order valence-electron chi connectivity index (χ1n) is 12.4. The summed E-state index contributed by atoms with van der Waals surface area (Å²) in [5, 5.41) is 0. The van der Waals surface area contributed by atoms with Gasteiger partial charge in [0.05, 0.1) is 5.56 Å². The van der Waals surface area contributed by atoms with Crippen LogP contribution in [0.2, 0.25) is 0 Å². The molecule has 2 aromatic rings. The van der Waals surface area contributed by atoms with Gasteiger partial charge in [0.15, 0.2) is 5.82 Å². The van der Waals surface area contributed by atoms with E-state index in [-0.39, 0.29) is 17.2 Å². The largest absolute Gasteiger partial charge is 0.417 e. The maximum atomic E-state index is 13.2. The van der Waals surface area contributed by atoms with Crippen LogP contribution in [-0.2, 0) is 29.2 Å². The molecule has 7 heteroatoms. The molecule has 1 aromatic heterocycles. The lowest BCUT2D eigenvalue weighted by atomic mass is 9.60. The summed E-state index contributed by atoms with van der Waals surface area (Å²) in [6.07, 6.45) is 5.64. The van der Waals surface area contributed by atoms with E-state index in [2.05, 4.69) is 23.2 Å². The summed E-state index contributed by atoms with van der Waals surface area (Å²) >= 11 is 0. The normalized spacial score (nSPS) is 21.6. The zero-order valence-electron chi connectivity index (χ0n) is 19.1. The molecule has 34 heavy (non-hydrogen) atoms. The Bertz CT molecular complexity index is 1180. The van der Waals surface area contributed by atoms with E-state index < -0.39 is 11.7 Å². The molecule has 2 aliphatic heterocycles. The fourth-order valence-corrected chi connectivity index (χ4v) is 5.87. The number of amides is 1. The number of aryl methyl sites for hydroxylation is 2. The van der Waals surface area contributed by atoms with Crippen LogP contribution in [0, 0.1) is 5.92 Å². The number of halogens is 3.